The number of carbonyl (C=O) groups is 1. The van der Waals surface area contributed by atoms with Gasteiger partial charge in [0.2, 0.25) is 0 Å². The zero-order chi connectivity index (χ0) is 20.1. The average molecular weight is 403 g/mol. The minimum Gasteiger partial charge on any atom is -0.497 e. The second-order valence-corrected chi connectivity index (χ2v) is 7.07. The second kappa shape index (κ2) is 8.62. The number of nitrogens with zero attached hydrogens (tertiary/aromatic N) is 2. The van der Waals surface area contributed by atoms with Crippen molar-refractivity contribution in [3.63, 3.8) is 0 Å². The lowest BCUT2D eigenvalue weighted by molar-refractivity contribution is 0.0954. The number of pyridine rings is 1. The highest BCUT2D eigenvalue weighted by atomic mass is 32.2. The molecule has 0 bridgehead atoms. The first kappa shape index (κ1) is 18.8. The maximum Gasteiger partial charge on any atom is 0.271 e. The summed E-state index contributed by atoms with van der Waals surface area (Å²) in [6.07, 6.45) is 3.24. The lowest BCUT2D eigenvalue weighted by atomic mass is 10.2. The molecule has 0 spiro atoms. The van der Waals surface area contributed by atoms with Gasteiger partial charge in [0.15, 0.2) is 5.09 Å². The smallest absolute Gasteiger partial charge is 0.271 e. The molecule has 0 fully saturated rings. The Morgan fingerprint density at radius 3 is 2.90 bits per heavy atom. The summed E-state index contributed by atoms with van der Waals surface area (Å²) in [5.74, 6) is 0.812. The Balaban J connectivity index is 1.42. The van der Waals surface area contributed by atoms with Gasteiger partial charge in [-0.05, 0) is 54.2 Å². The number of amides is 1. The molecule has 0 aliphatic heterocycles. The number of methoxy groups -OCH3 is 1. The van der Waals surface area contributed by atoms with E-state index in [0.717, 1.165) is 15.8 Å². The van der Waals surface area contributed by atoms with Crippen molar-refractivity contribution in [2.24, 2.45) is 5.10 Å². The number of carbonyl (C=O) groups excluding carboxylic acids is 1. The van der Waals surface area contributed by atoms with Gasteiger partial charge in [-0.15, -0.1) is 0 Å². The van der Waals surface area contributed by atoms with Crippen molar-refractivity contribution in [3.05, 3.63) is 84.3 Å². The molecule has 0 radical (unpaired) electrons. The number of furan rings is 1. The predicted molar refractivity (Wildman–Crippen MR) is 113 cm³/mol. The van der Waals surface area contributed by atoms with Gasteiger partial charge in [0.1, 0.15) is 11.5 Å². The molecule has 6 nitrogen and oxygen atoms in total. The van der Waals surface area contributed by atoms with Gasteiger partial charge in [-0.1, -0.05) is 24.3 Å². The maximum absolute atomic E-state index is 12.2. The standard InChI is InChI=1S/C22H17N3O3S/c1-27-17-8-2-6-16(13-17)22(26)25-24-14-18-10-11-20(28-18)29-19-9-3-5-15-7-4-12-23-21(15)19/h2-14H,1H3,(H,25,26)/b24-14+. The number of para-hydroxylation sites is 1. The first-order chi connectivity index (χ1) is 14.2. The van der Waals surface area contributed by atoms with Crippen LogP contribution in [0.3, 0.4) is 0 Å². The van der Waals surface area contributed by atoms with Gasteiger partial charge in [0.25, 0.3) is 5.91 Å². The molecule has 144 valence electrons. The van der Waals surface area contributed by atoms with Crippen LogP contribution in [0.25, 0.3) is 10.9 Å². The van der Waals surface area contributed by atoms with Crippen molar-refractivity contribution < 1.29 is 13.9 Å². The van der Waals surface area contributed by atoms with Crippen LogP contribution in [-0.2, 0) is 0 Å². The first-order valence-corrected chi connectivity index (χ1v) is 9.63. The average Bonchev–Trinajstić information content (AvgIpc) is 3.21. The largest absolute Gasteiger partial charge is 0.497 e. The number of rotatable bonds is 6. The predicted octanol–water partition coefficient (Wildman–Crippen LogP) is 4.75. The summed E-state index contributed by atoms with van der Waals surface area (Å²) in [5.41, 5.74) is 3.87. The van der Waals surface area contributed by atoms with Crippen LogP contribution in [0, 0.1) is 0 Å². The van der Waals surface area contributed by atoms with Crippen molar-refractivity contribution in [1.29, 1.82) is 0 Å². The molecule has 2 heterocycles. The van der Waals surface area contributed by atoms with Crippen LogP contribution in [0.15, 0.2) is 92.4 Å². The molecule has 0 saturated carbocycles. The van der Waals surface area contributed by atoms with Crippen molar-refractivity contribution in [3.8, 4) is 5.75 Å². The molecule has 2 aromatic heterocycles. The van der Waals surface area contributed by atoms with E-state index in [1.807, 2.05) is 36.4 Å². The molecule has 2 aromatic carbocycles. The van der Waals surface area contributed by atoms with Crippen molar-refractivity contribution in [2.45, 2.75) is 9.99 Å². The van der Waals surface area contributed by atoms with Crippen LogP contribution in [0.1, 0.15) is 16.1 Å². The van der Waals surface area contributed by atoms with Gasteiger partial charge in [-0.3, -0.25) is 9.78 Å². The molecule has 1 amide bonds. The van der Waals surface area contributed by atoms with Gasteiger partial charge in [0, 0.05) is 22.0 Å². The highest BCUT2D eigenvalue weighted by molar-refractivity contribution is 7.99. The number of fused-ring (bicyclic) bond motifs is 1. The third-order valence-electron chi connectivity index (χ3n) is 4.10. The molecule has 0 unspecified atom stereocenters. The number of hydrazone groups is 1. The van der Waals surface area contributed by atoms with E-state index in [0.29, 0.717) is 22.2 Å². The van der Waals surface area contributed by atoms with E-state index in [9.17, 15) is 4.79 Å². The van der Waals surface area contributed by atoms with E-state index >= 15 is 0 Å². The molecule has 0 aliphatic rings. The quantitative estimate of drug-likeness (QED) is 0.371. The van der Waals surface area contributed by atoms with Gasteiger partial charge >= 0.3 is 0 Å². The Bertz CT molecular complexity index is 1180. The number of hydrogen-bond donors (Lipinski definition) is 1. The Morgan fingerprint density at radius 1 is 1.14 bits per heavy atom. The second-order valence-electron chi connectivity index (χ2n) is 6.02. The summed E-state index contributed by atoms with van der Waals surface area (Å²) in [6.45, 7) is 0. The van der Waals surface area contributed by atoms with E-state index in [-0.39, 0.29) is 5.91 Å². The molecule has 0 aliphatic carbocycles. The normalized spacial score (nSPS) is 11.1. The molecule has 29 heavy (non-hydrogen) atoms. The number of ether oxygens (including phenoxy) is 1. The van der Waals surface area contributed by atoms with Gasteiger partial charge in [-0.25, -0.2) is 5.43 Å². The van der Waals surface area contributed by atoms with Gasteiger partial charge in [-0.2, -0.15) is 5.10 Å². The van der Waals surface area contributed by atoms with Crippen LogP contribution < -0.4 is 10.2 Å². The minimum atomic E-state index is -0.330. The molecular formula is C22H17N3O3S. The number of hydrogen-bond acceptors (Lipinski definition) is 6. The minimum absolute atomic E-state index is 0.330. The number of nitrogens with one attached hydrogen (secondary N) is 1. The Morgan fingerprint density at radius 2 is 2.00 bits per heavy atom. The van der Waals surface area contributed by atoms with Crippen LogP contribution in [0.4, 0.5) is 0 Å². The fourth-order valence-corrected chi connectivity index (χ4v) is 3.61. The van der Waals surface area contributed by atoms with Crippen LogP contribution in [0.5, 0.6) is 5.75 Å². The number of aromatic nitrogens is 1. The monoisotopic (exact) mass is 403 g/mol. The van der Waals surface area contributed by atoms with E-state index in [1.54, 1.807) is 43.6 Å². The zero-order valence-corrected chi connectivity index (χ0v) is 16.3. The summed E-state index contributed by atoms with van der Waals surface area (Å²) in [5, 5.41) is 5.75. The van der Waals surface area contributed by atoms with E-state index < -0.39 is 0 Å². The van der Waals surface area contributed by atoms with Crippen LogP contribution in [0.2, 0.25) is 0 Å². The lowest BCUT2D eigenvalue weighted by Crippen LogP contribution is -2.17. The molecule has 0 saturated heterocycles. The van der Waals surface area contributed by atoms with Crippen molar-refractivity contribution in [1.82, 2.24) is 10.4 Å². The summed E-state index contributed by atoms with van der Waals surface area (Å²) in [7, 11) is 1.55. The maximum atomic E-state index is 12.2. The van der Waals surface area contributed by atoms with Crippen LogP contribution in [-0.4, -0.2) is 24.2 Å². The Kier molecular flexibility index (Phi) is 5.58. The van der Waals surface area contributed by atoms with E-state index in [4.69, 9.17) is 9.15 Å². The molecular weight excluding hydrogens is 386 g/mol. The van der Waals surface area contributed by atoms with Gasteiger partial charge in [0.05, 0.1) is 18.8 Å². The van der Waals surface area contributed by atoms with Gasteiger partial charge < -0.3 is 9.15 Å². The fraction of sp³-hybridized carbons (Fsp3) is 0.0455. The highest BCUT2D eigenvalue weighted by Gasteiger charge is 2.08. The topological polar surface area (TPSA) is 76.7 Å². The molecule has 4 rings (SSSR count). The van der Waals surface area contributed by atoms with E-state index in [1.165, 1.54) is 18.0 Å². The molecule has 0 atom stereocenters. The Labute approximate surface area is 171 Å². The van der Waals surface area contributed by atoms with E-state index in [2.05, 4.69) is 15.5 Å². The summed E-state index contributed by atoms with van der Waals surface area (Å²) in [4.78, 5) is 17.6. The lowest BCUT2D eigenvalue weighted by Gasteiger charge is -2.03. The summed E-state index contributed by atoms with van der Waals surface area (Å²) >= 11 is 1.49. The first-order valence-electron chi connectivity index (χ1n) is 8.82. The van der Waals surface area contributed by atoms with Crippen molar-refractivity contribution in [2.75, 3.05) is 7.11 Å². The van der Waals surface area contributed by atoms with Crippen LogP contribution >= 0.6 is 11.8 Å². The Hall–Kier alpha value is -3.58. The zero-order valence-electron chi connectivity index (χ0n) is 15.5. The summed E-state index contributed by atoms with van der Waals surface area (Å²) < 4.78 is 10.9. The third-order valence-corrected chi connectivity index (χ3v) is 5.07. The third kappa shape index (κ3) is 4.47. The number of benzene rings is 2. The fourth-order valence-electron chi connectivity index (χ4n) is 2.71. The van der Waals surface area contributed by atoms with Crippen molar-refractivity contribution >= 4 is 34.8 Å². The SMILES string of the molecule is COc1cccc(C(=O)N/N=C/c2ccc(Sc3cccc4cccnc34)o2)c1. The summed E-state index contributed by atoms with van der Waals surface area (Å²) in [6, 6.07) is 20.5. The molecule has 7 heteroatoms. The molecule has 4 aromatic rings. The molecule has 1 N–H and O–H groups in total. The highest BCUT2D eigenvalue weighted by Crippen LogP contribution is 2.33.